The molecule has 5 heteroatoms. The molecule has 0 N–H and O–H groups in total. The molecular formula is C12H20ClN3O. The van der Waals surface area contributed by atoms with Gasteiger partial charge in [0.25, 0.3) is 0 Å². The molecule has 0 saturated carbocycles. The van der Waals surface area contributed by atoms with Crippen LogP contribution >= 0.6 is 11.6 Å². The minimum atomic E-state index is 0.345. The summed E-state index contributed by atoms with van der Waals surface area (Å²) >= 11 is 5.81. The summed E-state index contributed by atoms with van der Waals surface area (Å²) in [7, 11) is 0. The number of ether oxygens (including phenoxy) is 1. The zero-order chi connectivity index (χ0) is 12.8. The number of rotatable bonds is 6. The van der Waals surface area contributed by atoms with Gasteiger partial charge in [0.2, 0.25) is 5.88 Å². The number of hydrogen-bond donors (Lipinski definition) is 0. The highest BCUT2D eigenvalue weighted by atomic mass is 35.5. The third-order valence-electron chi connectivity index (χ3n) is 2.34. The van der Waals surface area contributed by atoms with Gasteiger partial charge in [-0.3, -0.25) is 0 Å². The molecule has 1 heterocycles. The van der Waals surface area contributed by atoms with E-state index in [1.807, 2.05) is 19.9 Å². The van der Waals surface area contributed by atoms with Crippen LogP contribution in [0.5, 0.6) is 5.88 Å². The fraction of sp³-hybridized carbons (Fsp3) is 0.667. The maximum Gasteiger partial charge on any atom is 0.218 e. The van der Waals surface area contributed by atoms with Crippen molar-refractivity contribution in [2.24, 2.45) is 0 Å². The zero-order valence-electron chi connectivity index (χ0n) is 10.9. The maximum atomic E-state index is 5.81. The molecule has 0 atom stereocenters. The summed E-state index contributed by atoms with van der Waals surface area (Å²) in [4.78, 5) is 10.8. The Labute approximate surface area is 108 Å². The summed E-state index contributed by atoms with van der Waals surface area (Å²) in [5.74, 6) is 2.78. The molecule has 0 spiro atoms. The lowest BCUT2D eigenvalue weighted by Gasteiger charge is -2.27. The van der Waals surface area contributed by atoms with Crippen LogP contribution in [0.25, 0.3) is 0 Å². The topological polar surface area (TPSA) is 38.2 Å². The zero-order valence-corrected chi connectivity index (χ0v) is 11.7. The van der Waals surface area contributed by atoms with E-state index in [1.54, 1.807) is 0 Å². The number of halogens is 1. The molecule has 0 unspecified atom stereocenters. The van der Waals surface area contributed by atoms with Crippen molar-refractivity contribution >= 4 is 17.4 Å². The van der Waals surface area contributed by atoms with E-state index in [0.29, 0.717) is 30.2 Å². The number of nitrogens with zero attached hydrogens (tertiary/aromatic N) is 3. The molecule has 1 rings (SSSR count). The van der Waals surface area contributed by atoms with Crippen LogP contribution in [0.15, 0.2) is 6.07 Å². The van der Waals surface area contributed by atoms with Crippen molar-refractivity contribution in [1.29, 1.82) is 0 Å². The molecule has 1 aromatic heterocycles. The Morgan fingerprint density at radius 1 is 1.41 bits per heavy atom. The first-order valence-corrected chi connectivity index (χ1v) is 6.43. The highest BCUT2D eigenvalue weighted by Crippen LogP contribution is 2.19. The standard InChI is InChI=1S/C12H20ClN3O/c1-5-17-12-8-11(14-10(4)15-12)16(7-6-13)9(2)3/h8-9H,5-7H2,1-4H3. The molecule has 0 aliphatic heterocycles. The fourth-order valence-electron chi connectivity index (χ4n) is 1.62. The normalized spacial score (nSPS) is 10.7. The van der Waals surface area contributed by atoms with Gasteiger partial charge in [0.05, 0.1) is 6.61 Å². The average Bonchev–Trinajstić information content (AvgIpc) is 2.25. The lowest BCUT2D eigenvalue weighted by molar-refractivity contribution is 0.325. The second kappa shape index (κ2) is 6.64. The Morgan fingerprint density at radius 2 is 2.12 bits per heavy atom. The van der Waals surface area contributed by atoms with Crippen molar-refractivity contribution in [3.8, 4) is 5.88 Å². The maximum absolute atomic E-state index is 5.81. The van der Waals surface area contributed by atoms with E-state index < -0.39 is 0 Å². The van der Waals surface area contributed by atoms with Crippen molar-refractivity contribution < 1.29 is 4.74 Å². The molecule has 0 fully saturated rings. The summed E-state index contributed by atoms with van der Waals surface area (Å²) in [5.41, 5.74) is 0. The summed E-state index contributed by atoms with van der Waals surface area (Å²) in [6.07, 6.45) is 0. The molecule has 1 aromatic rings. The predicted molar refractivity (Wildman–Crippen MR) is 71.1 cm³/mol. The SMILES string of the molecule is CCOc1cc(N(CCCl)C(C)C)nc(C)n1. The van der Waals surface area contributed by atoms with Crippen LogP contribution in [0.1, 0.15) is 26.6 Å². The van der Waals surface area contributed by atoms with E-state index >= 15 is 0 Å². The molecule has 17 heavy (non-hydrogen) atoms. The van der Waals surface area contributed by atoms with Gasteiger partial charge in [-0.1, -0.05) is 0 Å². The molecule has 4 nitrogen and oxygen atoms in total. The monoisotopic (exact) mass is 257 g/mol. The first-order valence-electron chi connectivity index (χ1n) is 5.89. The van der Waals surface area contributed by atoms with E-state index in [-0.39, 0.29) is 0 Å². The van der Waals surface area contributed by atoms with Gasteiger partial charge in [-0.15, -0.1) is 11.6 Å². The van der Waals surface area contributed by atoms with Crippen LogP contribution in [0.3, 0.4) is 0 Å². The lowest BCUT2D eigenvalue weighted by atomic mass is 10.3. The Hall–Kier alpha value is -1.03. The summed E-state index contributed by atoms with van der Waals surface area (Å²) in [6.45, 7) is 9.41. The summed E-state index contributed by atoms with van der Waals surface area (Å²) in [6, 6.07) is 2.21. The number of aromatic nitrogens is 2. The van der Waals surface area contributed by atoms with Crippen molar-refractivity contribution in [2.75, 3.05) is 23.9 Å². The van der Waals surface area contributed by atoms with Crippen LogP contribution in [-0.2, 0) is 0 Å². The predicted octanol–water partition coefficient (Wildman–Crippen LogP) is 2.64. The van der Waals surface area contributed by atoms with E-state index in [2.05, 4.69) is 28.7 Å². The highest BCUT2D eigenvalue weighted by molar-refractivity contribution is 6.18. The van der Waals surface area contributed by atoms with Gasteiger partial charge < -0.3 is 9.64 Å². The minimum absolute atomic E-state index is 0.345. The van der Waals surface area contributed by atoms with Gasteiger partial charge in [0.15, 0.2) is 0 Å². The first kappa shape index (κ1) is 14.0. The molecule has 0 aromatic carbocycles. The van der Waals surface area contributed by atoms with Crippen LogP contribution in [0.2, 0.25) is 0 Å². The second-order valence-corrected chi connectivity index (χ2v) is 4.40. The molecule has 0 saturated heterocycles. The van der Waals surface area contributed by atoms with Crippen molar-refractivity contribution in [2.45, 2.75) is 33.7 Å². The number of aryl methyl sites for hydroxylation is 1. The van der Waals surface area contributed by atoms with E-state index in [1.165, 1.54) is 0 Å². The Kier molecular flexibility index (Phi) is 5.48. The third kappa shape index (κ3) is 4.04. The largest absolute Gasteiger partial charge is 0.478 e. The minimum Gasteiger partial charge on any atom is -0.478 e. The fourth-order valence-corrected chi connectivity index (χ4v) is 1.80. The Bertz CT molecular complexity index is 358. The Balaban J connectivity index is 3.00. The van der Waals surface area contributed by atoms with Gasteiger partial charge in [-0.05, 0) is 27.7 Å². The van der Waals surface area contributed by atoms with Crippen LogP contribution in [0.4, 0.5) is 5.82 Å². The molecular weight excluding hydrogens is 238 g/mol. The van der Waals surface area contributed by atoms with Crippen molar-refractivity contribution in [1.82, 2.24) is 9.97 Å². The van der Waals surface area contributed by atoms with E-state index in [9.17, 15) is 0 Å². The van der Waals surface area contributed by atoms with Crippen LogP contribution < -0.4 is 9.64 Å². The smallest absolute Gasteiger partial charge is 0.218 e. The number of hydrogen-bond acceptors (Lipinski definition) is 4. The molecule has 0 aliphatic carbocycles. The highest BCUT2D eigenvalue weighted by Gasteiger charge is 2.13. The summed E-state index contributed by atoms with van der Waals surface area (Å²) < 4.78 is 5.42. The lowest BCUT2D eigenvalue weighted by Crippen LogP contribution is -2.33. The first-order chi connectivity index (χ1) is 8.08. The van der Waals surface area contributed by atoms with Crippen molar-refractivity contribution in [3.05, 3.63) is 11.9 Å². The number of alkyl halides is 1. The number of anilines is 1. The van der Waals surface area contributed by atoms with Crippen molar-refractivity contribution in [3.63, 3.8) is 0 Å². The van der Waals surface area contributed by atoms with Gasteiger partial charge >= 0.3 is 0 Å². The van der Waals surface area contributed by atoms with Gasteiger partial charge in [-0.25, -0.2) is 4.98 Å². The quantitative estimate of drug-likeness (QED) is 0.735. The van der Waals surface area contributed by atoms with Gasteiger partial charge in [-0.2, -0.15) is 4.98 Å². The van der Waals surface area contributed by atoms with Gasteiger partial charge in [0.1, 0.15) is 11.6 Å². The molecule has 0 amide bonds. The van der Waals surface area contributed by atoms with Crippen LogP contribution in [-0.4, -0.2) is 35.0 Å². The summed E-state index contributed by atoms with van der Waals surface area (Å²) in [5, 5.41) is 0. The second-order valence-electron chi connectivity index (χ2n) is 4.02. The third-order valence-corrected chi connectivity index (χ3v) is 2.51. The molecule has 0 aliphatic rings. The van der Waals surface area contributed by atoms with Crippen LogP contribution in [0, 0.1) is 6.92 Å². The Morgan fingerprint density at radius 3 is 2.65 bits per heavy atom. The molecule has 0 radical (unpaired) electrons. The van der Waals surface area contributed by atoms with Gasteiger partial charge in [0, 0.05) is 24.5 Å². The molecule has 0 bridgehead atoms. The average molecular weight is 258 g/mol. The van der Waals surface area contributed by atoms with E-state index in [4.69, 9.17) is 16.3 Å². The van der Waals surface area contributed by atoms with E-state index in [0.717, 1.165) is 12.4 Å². The molecule has 96 valence electrons.